The molecule has 1 aromatic carbocycles. The number of nitrogens with two attached hydrogens (primary N) is 1. The van der Waals surface area contributed by atoms with E-state index in [9.17, 15) is 4.79 Å². The first-order valence-electron chi connectivity index (χ1n) is 7.26. The normalized spacial score (nSPS) is 10.9. The van der Waals surface area contributed by atoms with Crippen molar-refractivity contribution in [2.75, 3.05) is 13.1 Å². The minimum absolute atomic E-state index is 0. The van der Waals surface area contributed by atoms with Crippen molar-refractivity contribution in [3.8, 4) is 0 Å². The molecular formula is C16H26BrClN2O. The summed E-state index contributed by atoms with van der Waals surface area (Å²) in [5, 5.41) is 0. The van der Waals surface area contributed by atoms with Crippen LogP contribution >= 0.6 is 28.3 Å². The van der Waals surface area contributed by atoms with Crippen molar-refractivity contribution >= 4 is 34.2 Å². The molecule has 3 nitrogen and oxygen atoms in total. The van der Waals surface area contributed by atoms with Crippen molar-refractivity contribution in [1.29, 1.82) is 0 Å². The zero-order valence-corrected chi connectivity index (χ0v) is 15.5. The summed E-state index contributed by atoms with van der Waals surface area (Å²) in [7, 11) is 0. The van der Waals surface area contributed by atoms with E-state index in [0.717, 1.165) is 22.9 Å². The fraction of sp³-hybridized carbons (Fsp3) is 0.562. The van der Waals surface area contributed by atoms with Crippen molar-refractivity contribution < 1.29 is 4.79 Å². The van der Waals surface area contributed by atoms with E-state index in [-0.39, 0.29) is 18.3 Å². The van der Waals surface area contributed by atoms with Gasteiger partial charge in [-0.1, -0.05) is 41.9 Å². The quantitative estimate of drug-likeness (QED) is 0.781. The lowest BCUT2D eigenvalue weighted by Gasteiger charge is -2.35. The largest absolute Gasteiger partial charge is 0.338 e. The van der Waals surface area contributed by atoms with E-state index in [1.807, 2.05) is 43.9 Å². The molecule has 21 heavy (non-hydrogen) atoms. The summed E-state index contributed by atoms with van der Waals surface area (Å²) in [6.07, 6.45) is 1.57. The Bertz CT molecular complexity index is 441. The van der Waals surface area contributed by atoms with Crippen LogP contribution < -0.4 is 5.73 Å². The Hall–Kier alpha value is -0.580. The summed E-state index contributed by atoms with van der Waals surface area (Å²) in [6, 6.07) is 8.08. The highest BCUT2D eigenvalue weighted by Crippen LogP contribution is 2.28. The van der Waals surface area contributed by atoms with Crippen LogP contribution in [0.2, 0.25) is 0 Å². The Kier molecular flexibility index (Phi) is 9.18. The lowest BCUT2D eigenvalue weighted by atomic mass is 9.81. The van der Waals surface area contributed by atoms with E-state index in [1.165, 1.54) is 0 Å². The number of halogens is 2. The van der Waals surface area contributed by atoms with Gasteiger partial charge in [0.15, 0.2) is 0 Å². The molecule has 2 N–H and O–H groups in total. The van der Waals surface area contributed by atoms with Crippen LogP contribution in [0.1, 0.15) is 39.2 Å². The molecule has 0 unspecified atom stereocenters. The lowest BCUT2D eigenvalue weighted by Crippen LogP contribution is -2.47. The Morgan fingerprint density at radius 2 is 1.90 bits per heavy atom. The van der Waals surface area contributed by atoms with Gasteiger partial charge in [0.2, 0.25) is 5.91 Å². The molecule has 0 radical (unpaired) electrons. The van der Waals surface area contributed by atoms with Gasteiger partial charge < -0.3 is 10.6 Å². The summed E-state index contributed by atoms with van der Waals surface area (Å²) < 4.78 is 1.04. The summed E-state index contributed by atoms with van der Waals surface area (Å²) >= 11 is 3.47. The third kappa shape index (κ3) is 4.97. The van der Waals surface area contributed by atoms with Gasteiger partial charge in [0.25, 0.3) is 0 Å². The van der Waals surface area contributed by atoms with Crippen LogP contribution in [0.3, 0.4) is 0 Å². The molecule has 0 aromatic heterocycles. The van der Waals surface area contributed by atoms with Crippen LogP contribution in [-0.2, 0) is 11.3 Å². The molecule has 0 atom stereocenters. The van der Waals surface area contributed by atoms with E-state index in [2.05, 4.69) is 22.0 Å². The molecular weight excluding hydrogens is 352 g/mol. The van der Waals surface area contributed by atoms with Crippen molar-refractivity contribution in [1.82, 2.24) is 4.90 Å². The Morgan fingerprint density at radius 1 is 1.29 bits per heavy atom. The topological polar surface area (TPSA) is 46.3 Å². The molecule has 0 saturated carbocycles. The summed E-state index contributed by atoms with van der Waals surface area (Å²) in [5.74, 6) is 0.174. The maximum atomic E-state index is 12.8. The Balaban J connectivity index is 0.00000400. The van der Waals surface area contributed by atoms with Crippen molar-refractivity contribution in [2.45, 2.75) is 40.2 Å². The molecule has 0 aliphatic carbocycles. The van der Waals surface area contributed by atoms with Gasteiger partial charge in [0.05, 0.1) is 5.41 Å². The summed E-state index contributed by atoms with van der Waals surface area (Å²) in [6.45, 7) is 7.85. The monoisotopic (exact) mass is 376 g/mol. The third-order valence-corrected chi connectivity index (χ3v) is 4.62. The molecule has 0 bridgehead atoms. The maximum absolute atomic E-state index is 12.8. The van der Waals surface area contributed by atoms with Gasteiger partial charge in [-0.2, -0.15) is 0 Å². The number of hydrogen-bond acceptors (Lipinski definition) is 2. The minimum atomic E-state index is -0.415. The standard InChI is InChI=1S/C16H25BrN2O.ClH/c1-4-16(5-2,12-18)15(20)19(6-3)11-13-8-7-9-14(17)10-13;/h7-10H,4-6,11-12,18H2,1-3H3;1H. The molecule has 120 valence electrons. The Labute approximate surface area is 142 Å². The van der Waals surface area contributed by atoms with Crippen LogP contribution in [-0.4, -0.2) is 23.9 Å². The molecule has 0 aliphatic heterocycles. The summed E-state index contributed by atoms with van der Waals surface area (Å²) in [4.78, 5) is 14.7. The highest BCUT2D eigenvalue weighted by molar-refractivity contribution is 9.10. The molecule has 0 heterocycles. The predicted octanol–water partition coefficient (Wildman–Crippen LogP) is 3.98. The SMILES string of the molecule is CCN(Cc1cccc(Br)c1)C(=O)C(CC)(CC)CN.Cl. The highest BCUT2D eigenvalue weighted by atomic mass is 79.9. The molecule has 0 spiro atoms. The molecule has 5 heteroatoms. The van der Waals surface area contributed by atoms with Crippen LogP contribution in [0.5, 0.6) is 0 Å². The zero-order chi connectivity index (χ0) is 15.2. The smallest absolute Gasteiger partial charge is 0.230 e. The van der Waals surface area contributed by atoms with E-state index in [1.54, 1.807) is 0 Å². The number of carbonyl (C=O) groups excluding carboxylic acids is 1. The predicted molar refractivity (Wildman–Crippen MR) is 94.6 cm³/mol. The number of hydrogen-bond donors (Lipinski definition) is 1. The highest BCUT2D eigenvalue weighted by Gasteiger charge is 2.36. The van der Waals surface area contributed by atoms with E-state index in [4.69, 9.17) is 5.73 Å². The third-order valence-electron chi connectivity index (χ3n) is 4.13. The summed E-state index contributed by atoms with van der Waals surface area (Å²) in [5.41, 5.74) is 6.60. The molecule has 1 amide bonds. The second kappa shape index (κ2) is 9.44. The first-order valence-corrected chi connectivity index (χ1v) is 8.06. The van der Waals surface area contributed by atoms with Crippen LogP contribution in [0.15, 0.2) is 28.7 Å². The fourth-order valence-corrected chi connectivity index (χ4v) is 2.89. The zero-order valence-electron chi connectivity index (χ0n) is 13.1. The van der Waals surface area contributed by atoms with Gasteiger partial charge >= 0.3 is 0 Å². The molecule has 1 aromatic rings. The first-order chi connectivity index (χ1) is 9.52. The molecule has 1 rings (SSSR count). The van der Waals surface area contributed by atoms with Crippen molar-refractivity contribution in [3.63, 3.8) is 0 Å². The second-order valence-electron chi connectivity index (χ2n) is 5.14. The number of carbonyl (C=O) groups is 1. The van der Waals surface area contributed by atoms with E-state index < -0.39 is 5.41 Å². The van der Waals surface area contributed by atoms with Gasteiger partial charge in [-0.25, -0.2) is 0 Å². The number of rotatable bonds is 7. The average Bonchev–Trinajstić information content (AvgIpc) is 2.47. The number of nitrogens with zero attached hydrogens (tertiary/aromatic N) is 1. The van der Waals surface area contributed by atoms with Gasteiger partial charge in [0.1, 0.15) is 0 Å². The Morgan fingerprint density at radius 3 is 2.33 bits per heavy atom. The van der Waals surface area contributed by atoms with E-state index >= 15 is 0 Å². The van der Waals surface area contributed by atoms with Gasteiger partial charge in [-0.05, 0) is 37.5 Å². The van der Waals surface area contributed by atoms with Gasteiger partial charge in [-0.3, -0.25) is 4.79 Å². The second-order valence-corrected chi connectivity index (χ2v) is 6.06. The molecule has 0 saturated heterocycles. The number of amides is 1. The van der Waals surface area contributed by atoms with Crippen LogP contribution in [0.4, 0.5) is 0 Å². The molecule has 0 aliphatic rings. The first kappa shape index (κ1) is 20.4. The van der Waals surface area contributed by atoms with E-state index in [0.29, 0.717) is 19.6 Å². The minimum Gasteiger partial charge on any atom is -0.338 e. The van der Waals surface area contributed by atoms with Gasteiger partial charge in [0, 0.05) is 24.1 Å². The molecule has 0 fully saturated rings. The average molecular weight is 378 g/mol. The van der Waals surface area contributed by atoms with Crippen LogP contribution in [0, 0.1) is 5.41 Å². The fourth-order valence-electron chi connectivity index (χ4n) is 2.45. The van der Waals surface area contributed by atoms with Crippen molar-refractivity contribution in [3.05, 3.63) is 34.3 Å². The lowest BCUT2D eigenvalue weighted by molar-refractivity contribution is -0.142. The number of benzene rings is 1. The maximum Gasteiger partial charge on any atom is 0.230 e. The van der Waals surface area contributed by atoms with Crippen molar-refractivity contribution in [2.24, 2.45) is 11.1 Å². The van der Waals surface area contributed by atoms with Crippen LogP contribution in [0.25, 0.3) is 0 Å². The van der Waals surface area contributed by atoms with Gasteiger partial charge in [-0.15, -0.1) is 12.4 Å².